The van der Waals surface area contributed by atoms with Crippen LogP contribution in [0.25, 0.3) is 22.3 Å². The predicted octanol–water partition coefficient (Wildman–Crippen LogP) is 3.93. The minimum Gasteiger partial charge on any atom is -0.406 e. The molecule has 144 valence electrons. The standard InChI is InChI=1S/C20H11F3N4O2/c21-20(22,23)29-14-7-5-12(6-8-14)11-1-3-13(4-2-11)17-15(9-24)18(26)27-19(28)16(17)10-25/h1-8H,(H3,26,27,28). The van der Waals surface area contributed by atoms with E-state index in [2.05, 4.69) is 9.72 Å². The molecule has 0 fully saturated rings. The zero-order valence-corrected chi connectivity index (χ0v) is 14.5. The van der Waals surface area contributed by atoms with Crippen molar-refractivity contribution in [2.45, 2.75) is 6.36 Å². The van der Waals surface area contributed by atoms with Gasteiger partial charge in [-0.05, 0) is 28.8 Å². The first-order valence-electron chi connectivity index (χ1n) is 8.06. The Balaban J connectivity index is 2.00. The van der Waals surface area contributed by atoms with E-state index < -0.39 is 11.9 Å². The number of hydrogen-bond acceptors (Lipinski definition) is 5. The molecule has 9 heteroatoms. The number of hydrogen-bond donors (Lipinski definition) is 2. The van der Waals surface area contributed by atoms with Crippen molar-refractivity contribution < 1.29 is 17.9 Å². The third-order valence-corrected chi connectivity index (χ3v) is 4.06. The van der Waals surface area contributed by atoms with Crippen molar-refractivity contribution >= 4 is 5.82 Å². The van der Waals surface area contributed by atoms with Gasteiger partial charge in [-0.2, -0.15) is 10.5 Å². The van der Waals surface area contributed by atoms with Crippen LogP contribution < -0.4 is 16.0 Å². The number of pyridine rings is 1. The lowest BCUT2D eigenvalue weighted by molar-refractivity contribution is -0.274. The molecule has 1 aromatic heterocycles. The molecule has 6 nitrogen and oxygen atoms in total. The van der Waals surface area contributed by atoms with Gasteiger partial charge in [-0.25, -0.2) is 0 Å². The Bertz CT molecular complexity index is 1200. The minimum absolute atomic E-state index is 0.0254. The van der Waals surface area contributed by atoms with Crippen LogP contribution in [0.15, 0.2) is 53.3 Å². The number of halogens is 3. The number of nitrogens with zero attached hydrogens (tertiary/aromatic N) is 2. The number of anilines is 1. The Morgan fingerprint density at radius 1 is 0.862 bits per heavy atom. The SMILES string of the molecule is N#Cc1c(N)[nH]c(=O)c(C#N)c1-c1ccc(-c2ccc(OC(F)(F)F)cc2)cc1. The van der Waals surface area contributed by atoms with E-state index in [9.17, 15) is 28.5 Å². The maximum absolute atomic E-state index is 12.2. The van der Waals surface area contributed by atoms with Crippen LogP contribution in [0.2, 0.25) is 0 Å². The molecule has 0 bridgehead atoms. The van der Waals surface area contributed by atoms with Gasteiger partial charge in [0.05, 0.1) is 0 Å². The Hall–Kier alpha value is -4.24. The number of H-pyrrole nitrogens is 1. The fourth-order valence-electron chi connectivity index (χ4n) is 2.81. The van der Waals surface area contributed by atoms with Gasteiger partial charge in [-0.3, -0.25) is 4.79 Å². The molecule has 0 atom stereocenters. The molecule has 0 spiro atoms. The summed E-state index contributed by atoms with van der Waals surface area (Å²) in [6.45, 7) is 0. The Kier molecular flexibility index (Phi) is 4.99. The molecule has 0 saturated carbocycles. The fraction of sp³-hybridized carbons (Fsp3) is 0.0500. The number of rotatable bonds is 3. The second-order valence-corrected chi connectivity index (χ2v) is 5.87. The zero-order chi connectivity index (χ0) is 21.2. The molecule has 0 amide bonds. The van der Waals surface area contributed by atoms with E-state index in [0.29, 0.717) is 16.7 Å². The van der Waals surface area contributed by atoms with Crippen molar-refractivity contribution in [3.8, 4) is 40.1 Å². The van der Waals surface area contributed by atoms with Crippen LogP contribution in [0.4, 0.5) is 19.0 Å². The van der Waals surface area contributed by atoms with Crippen molar-refractivity contribution in [2.24, 2.45) is 0 Å². The first-order valence-corrected chi connectivity index (χ1v) is 8.06. The normalized spacial score (nSPS) is 10.8. The summed E-state index contributed by atoms with van der Waals surface area (Å²) in [6.07, 6.45) is -4.77. The molecule has 3 N–H and O–H groups in total. The lowest BCUT2D eigenvalue weighted by Gasteiger charge is -2.11. The summed E-state index contributed by atoms with van der Waals surface area (Å²) in [7, 11) is 0. The molecular formula is C20H11F3N4O2. The van der Waals surface area contributed by atoms with Crippen LogP contribution in [0.3, 0.4) is 0 Å². The van der Waals surface area contributed by atoms with Gasteiger partial charge in [0.25, 0.3) is 5.56 Å². The van der Waals surface area contributed by atoms with E-state index in [0.717, 1.165) is 0 Å². The van der Waals surface area contributed by atoms with Gasteiger partial charge in [-0.15, -0.1) is 13.2 Å². The molecule has 29 heavy (non-hydrogen) atoms. The maximum Gasteiger partial charge on any atom is 0.573 e. The van der Waals surface area contributed by atoms with Crippen molar-refractivity contribution in [3.05, 3.63) is 70.0 Å². The molecular weight excluding hydrogens is 385 g/mol. The van der Waals surface area contributed by atoms with Crippen molar-refractivity contribution in [1.29, 1.82) is 10.5 Å². The number of aromatic nitrogens is 1. The van der Waals surface area contributed by atoms with Crippen molar-refractivity contribution in [3.63, 3.8) is 0 Å². The summed E-state index contributed by atoms with van der Waals surface area (Å²) in [6, 6.07) is 15.4. The number of nitriles is 2. The van der Waals surface area contributed by atoms with Crippen LogP contribution in [-0.2, 0) is 0 Å². The number of ether oxygens (including phenoxy) is 1. The van der Waals surface area contributed by atoms with Gasteiger partial charge in [0.2, 0.25) is 0 Å². The van der Waals surface area contributed by atoms with Gasteiger partial charge in [0, 0.05) is 5.56 Å². The average Bonchev–Trinajstić information content (AvgIpc) is 2.67. The molecule has 2 aromatic carbocycles. The van der Waals surface area contributed by atoms with Gasteiger partial charge in [-0.1, -0.05) is 36.4 Å². The van der Waals surface area contributed by atoms with Crippen LogP contribution in [0.5, 0.6) is 5.75 Å². The highest BCUT2D eigenvalue weighted by molar-refractivity contribution is 5.81. The molecule has 1 heterocycles. The fourth-order valence-corrected chi connectivity index (χ4v) is 2.81. The van der Waals surface area contributed by atoms with Crippen molar-refractivity contribution in [2.75, 3.05) is 5.73 Å². The van der Waals surface area contributed by atoms with E-state index in [4.69, 9.17) is 5.73 Å². The summed E-state index contributed by atoms with van der Waals surface area (Å²) >= 11 is 0. The summed E-state index contributed by atoms with van der Waals surface area (Å²) in [4.78, 5) is 14.3. The highest BCUT2D eigenvalue weighted by Crippen LogP contribution is 2.31. The third-order valence-electron chi connectivity index (χ3n) is 4.06. The first-order chi connectivity index (χ1) is 13.7. The number of alkyl halides is 3. The zero-order valence-electron chi connectivity index (χ0n) is 14.5. The second kappa shape index (κ2) is 7.41. The average molecular weight is 396 g/mol. The monoisotopic (exact) mass is 396 g/mol. The molecule has 0 aliphatic carbocycles. The number of benzene rings is 2. The highest BCUT2D eigenvalue weighted by Gasteiger charge is 2.31. The Morgan fingerprint density at radius 3 is 1.83 bits per heavy atom. The lowest BCUT2D eigenvalue weighted by Crippen LogP contribution is -2.16. The predicted molar refractivity (Wildman–Crippen MR) is 98.5 cm³/mol. The third kappa shape index (κ3) is 4.04. The van der Waals surface area contributed by atoms with Gasteiger partial charge in [0.15, 0.2) is 0 Å². The smallest absolute Gasteiger partial charge is 0.406 e. The molecule has 0 aliphatic heterocycles. The number of aromatic amines is 1. The quantitative estimate of drug-likeness (QED) is 0.696. The highest BCUT2D eigenvalue weighted by atomic mass is 19.4. The molecule has 0 aliphatic rings. The number of nitrogens with one attached hydrogen (secondary N) is 1. The molecule has 0 radical (unpaired) electrons. The summed E-state index contributed by atoms with van der Waals surface area (Å²) in [5.41, 5.74) is 6.56. The van der Waals surface area contributed by atoms with Crippen LogP contribution in [-0.4, -0.2) is 11.3 Å². The summed E-state index contributed by atoms with van der Waals surface area (Å²) in [5, 5.41) is 18.7. The molecule has 3 rings (SSSR count). The van der Waals surface area contributed by atoms with Crippen LogP contribution in [0.1, 0.15) is 11.1 Å². The van der Waals surface area contributed by atoms with E-state index in [1.54, 1.807) is 30.3 Å². The Labute approximate surface area is 162 Å². The van der Waals surface area contributed by atoms with E-state index in [1.807, 2.05) is 6.07 Å². The van der Waals surface area contributed by atoms with E-state index >= 15 is 0 Å². The van der Waals surface area contributed by atoms with Crippen molar-refractivity contribution in [1.82, 2.24) is 4.98 Å². The van der Waals surface area contributed by atoms with E-state index in [1.165, 1.54) is 24.3 Å². The molecule has 3 aromatic rings. The van der Waals surface area contributed by atoms with Gasteiger partial charge >= 0.3 is 6.36 Å². The first kappa shape index (κ1) is 19.5. The summed E-state index contributed by atoms with van der Waals surface area (Å²) < 4.78 is 40.6. The number of nitrogen functional groups attached to an aromatic ring is 1. The van der Waals surface area contributed by atoms with Crippen LogP contribution >= 0.6 is 0 Å². The van der Waals surface area contributed by atoms with Gasteiger partial charge < -0.3 is 15.5 Å². The topological polar surface area (TPSA) is 116 Å². The summed E-state index contributed by atoms with van der Waals surface area (Å²) in [5.74, 6) is -0.481. The van der Waals surface area contributed by atoms with Crippen LogP contribution in [0, 0.1) is 22.7 Å². The second-order valence-electron chi connectivity index (χ2n) is 5.87. The lowest BCUT2D eigenvalue weighted by atomic mass is 9.95. The molecule has 0 unspecified atom stereocenters. The van der Waals surface area contributed by atoms with Gasteiger partial charge in [0.1, 0.15) is 34.8 Å². The Morgan fingerprint density at radius 2 is 1.34 bits per heavy atom. The maximum atomic E-state index is 12.2. The number of nitrogens with two attached hydrogens (primary N) is 1. The largest absolute Gasteiger partial charge is 0.573 e. The minimum atomic E-state index is -4.77. The molecule has 0 saturated heterocycles. The van der Waals surface area contributed by atoms with E-state index in [-0.39, 0.29) is 28.3 Å².